The highest BCUT2D eigenvalue weighted by Gasteiger charge is 2.15. The molecule has 0 aliphatic heterocycles. The van der Waals surface area contributed by atoms with Gasteiger partial charge in [0, 0.05) is 15.4 Å². The van der Waals surface area contributed by atoms with Crippen LogP contribution in [0, 0.1) is 11.8 Å². The fourth-order valence-electron chi connectivity index (χ4n) is 1.98. The Kier molecular flexibility index (Phi) is 7.04. The van der Waals surface area contributed by atoms with Gasteiger partial charge in [0.1, 0.15) is 0 Å². The van der Waals surface area contributed by atoms with Crippen molar-refractivity contribution in [2.24, 2.45) is 17.6 Å². The van der Waals surface area contributed by atoms with E-state index in [0.29, 0.717) is 18.9 Å². The summed E-state index contributed by atoms with van der Waals surface area (Å²) < 4.78 is 1.83. The van der Waals surface area contributed by atoms with Crippen LogP contribution >= 0.6 is 31.9 Å². The van der Waals surface area contributed by atoms with Gasteiger partial charge in [-0.15, -0.1) is 0 Å². The molecule has 0 unspecified atom stereocenters. The van der Waals surface area contributed by atoms with Crippen LogP contribution in [-0.2, 0) is 4.79 Å². The first kappa shape index (κ1) is 16.7. The normalized spacial score (nSPS) is 12.5. The van der Waals surface area contributed by atoms with E-state index in [9.17, 15) is 4.79 Å². The summed E-state index contributed by atoms with van der Waals surface area (Å²) in [7, 11) is 0. The molecule has 1 rings (SSSR count). The van der Waals surface area contributed by atoms with Gasteiger partial charge >= 0.3 is 0 Å². The molecular weight excluding hydrogens is 372 g/mol. The van der Waals surface area contributed by atoms with Gasteiger partial charge < -0.3 is 11.1 Å². The third kappa shape index (κ3) is 6.06. The van der Waals surface area contributed by atoms with E-state index in [1.807, 2.05) is 18.2 Å². The summed E-state index contributed by atoms with van der Waals surface area (Å²) in [5, 5.41) is 2.91. The summed E-state index contributed by atoms with van der Waals surface area (Å²) in [6.07, 6.45) is 1.45. The van der Waals surface area contributed by atoms with Crippen molar-refractivity contribution >= 4 is 43.5 Å². The van der Waals surface area contributed by atoms with Crippen LogP contribution in [0.4, 0.5) is 5.69 Å². The number of anilines is 1. The predicted molar refractivity (Wildman–Crippen MR) is 87.1 cm³/mol. The van der Waals surface area contributed by atoms with Crippen molar-refractivity contribution in [1.82, 2.24) is 0 Å². The predicted octanol–water partition coefficient (Wildman–Crippen LogP) is 4.16. The van der Waals surface area contributed by atoms with Gasteiger partial charge in [-0.3, -0.25) is 4.79 Å². The average molecular weight is 392 g/mol. The maximum atomic E-state index is 12.0. The van der Waals surface area contributed by atoms with Crippen LogP contribution in [0.25, 0.3) is 0 Å². The summed E-state index contributed by atoms with van der Waals surface area (Å²) in [6, 6.07) is 5.67. The Morgan fingerprint density at radius 1 is 1.37 bits per heavy atom. The van der Waals surface area contributed by atoms with E-state index >= 15 is 0 Å². The van der Waals surface area contributed by atoms with Crippen LogP contribution in [0.5, 0.6) is 0 Å². The molecule has 1 atom stereocenters. The Bertz CT molecular complexity index is 435. The molecule has 1 amide bonds. The Labute approximate surface area is 131 Å². The number of benzene rings is 1. The molecule has 19 heavy (non-hydrogen) atoms. The number of nitrogens with two attached hydrogens (primary N) is 1. The third-order valence-corrected chi connectivity index (χ3v) is 3.97. The average Bonchev–Trinajstić information content (AvgIpc) is 2.31. The molecule has 0 aliphatic rings. The number of hydrogen-bond donors (Lipinski definition) is 2. The fourth-order valence-corrected chi connectivity index (χ4v) is 3.13. The summed E-state index contributed by atoms with van der Waals surface area (Å²) in [6.45, 7) is 4.84. The monoisotopic (exact) mass is 390 g/mol. The smallest absolute Gasteiger partial charge is 0.224 e. The Hall–Kier alpha value is -0.390. The molecule has 0 bridgehead atoms. The van der Waals surface area contributed by atoms with Gasteiger partial charge in [0.25, 0.3) is 0 Å². The molecule has 3 nitrogen and oxygen atoms in total. The molecule has 0 saturated heterocycles. The summed E-state index contributed by atoms with van der Waals surface area (Å²) >= 11 is 6.81. The van der Waals surface area contributed by atoms with E-state index in [1.165, 1.54) is 0 Å². The van der Waals surface area contributed by atoms with Crippen molar-refractivity contribution in [3.05, 3.63) is 27.1 Å². The third-order valence-electron chi connectivity index (χ3n) is 2.82. The zero-order chi connectivity index (χ0) is 14.4. The standard InChI is InChI=1S/C14H20Br2N2O/c1-9(2)5-10(8-17)6-14(19)18-13-4-3-11(15)7-12(13)16/h3-4,7,9-10H,5-6,8,17H2,1-2H3,(H,18,19)/t10-/m0/s1. The maximum Gasteiger partial charge on any atom is 0.224 e. The Morgan fingerprint density at radius 2 is 2.05 bits per heavy atom. The number of amides is 1. The topological polar surface area (TPSA) is 55.1 Å². The highest BCUT2D eigenvalue weighted by atomic mass is 79.9. The van der Waals surface area contributed by atoms with Crippen molar-refractivity contribution in [3.63, 3.8) is 0 Å². The molecule has 1 aromatic rings. The van der Waals surface area contributed by atoms with Gasteiger partial charge in [-0.25, -0.2) is 0 Å². The molecule has 106 valence electrons. The van der Waals surface area contributed by atoms with Gasteiger partial charge in [-0.1, -0.05) is 29.8 Å². The van der Waals surface area contributed by atoms with Crippen LogP contribution in [0.15, 0.2) is 27.1 Å². The van der Waals surface area contributed by atoms with Crippen LogP contribution < -0.4 is 11.1 Å². The first-order valence-electron chi connectivity index (χ1n) is 6.37. The minimum Gasteiger partial charge on any atom is -0.330 e. The van der Waals surface area contributed by atoms with Crippen LogP contribution in [0.3, 0.4) is 0 Å². The molecule has 3 N–H and O–H groups in total. The minimum absolute atomic E-state index is 0.0131. The van der Waals surface area contributed by atoms with Gasteiger partial charge in [0.2, 0.25) is 5.91 Å². The van der Waals surface area contributed by atoms with Gasteiger partial charge in [0.15, 0.2) is 0 Å². The Morgan fingerprint density at radius 3 is 2.58 bits per heavy atom. The fraction of sp³-hybridized carbons (Fsp3) is 0.500. The molecule has 0 aliphatic carbocycles. The summed E-state index contributed by atoms with van der Waals surface area (Å²) in [5.74, 6) is 0.814. The molecule has 0 radical (unpaired) electrons. The van der Waals surface area contributed by atoms with Crippen LogP contribution in [0.2, 0.25) is 0 Å². The summed E-state index contributed by atoms with van der Waals surface area (Å²) in [4.78, 5) is 12.0. The molecule has 0 heterocycles. The van der Waals surface area contributed by atoms with Crippen molar-refractivity contribution < 1.29 is 4.79 Å². The quantitative estimate of drug-likeness (QED) is 0.764. The van der Waals surface area contributed by atoms with Crippen molar-refractivity contribution in [2.75, 3.05) is 11.9 Å². The highest BCUT2D eigenvalue weighted by Crippen LogP contribution is 2.26. The zero-order valence-electron chi connectivity index (χ0n) is 11.2. The molecule has 0 spiro atoms. The maximum absolute atomic E-state index is 12.0. The molecule has 1 aromatic carbocycles. The van der Waals surface area contributed by atoms with E-state index in [-0.39, 0.29) is 11.8 Å². The van der Waals surface area contributed by atoms with Crippen molar-refractivity contribution in [1.29, 1.82) is 0 Å². The zero-order valence-corrected chi connectivity index (χ0v) is 14.4. The van der Waals surface area contributed by atoms with Gasteiger partial charge in [0.05, 0.1) is 5.69 Å². The second kappa shape index (κ2) is 8.02. The first-order valence-corrected chi connectivity index (χ1v) is 7.96. The first-order chi connectivity index (χ1) is 8.92. The second-order valence-electron chi connectivity index (χ2n) is 5.11. The molecular formula is C14H20Br2N2O. The van der Waals surface area contributed by atoms with Gasteiger partial charge in [-0.05, 0) is 58.9 Å². The van der Waals surface area contributed by atoms with Crippen LogP contribution in [-0.4, -0.2) is 12.5 Å². The van der Waals surface area contributed by atoms with Gasteiger partial charge in [-0.2, -0.15) is 0 Å². The lowest BCUT2D eigenvalue weighted by Gasteiger charge is -2.17. The summed E-state index contributed by atoms with van der Waals surface area (Å²) in [5.41, 5.74) is 6.50. The minimum atomic E-state index is 0.0131. The van der Waals surface area contributed by atoms with E-state index in [1.54, 1.807) is 0 Å². The van der Waals surface area contributed by atoms with E-state index in [0.717, 1.165) is 21.1 Å². The lowest BCUT2D eigenvalue weighted by Crippen LogP contribution is -2.23. The number of nitrogens with one attached hydrogen (secondary N) is 1. The number of carbonyl (C=O) groups excluding carboxylic acids is 1. The number of hydrogen-bond acceptors (Lipinski definition) is 2. The number of halogens is 2. The SMILES string of the molecule is CC(C)C[C@H](CN)CC(=O)Nc1ccc(Br)cc1Br. The van der Waals surface area contributed by atoms with E-state index in [2.05, 4.69) is 51.0 Å². The molecule has 0 fully saturated rings. The lowest BCUT2D eigenvalue weighted by atomic mass is 9.94. The lowest BCUT2D eigenvalue weighted by molar-refractivity contribution is -0.117. The van der Waals surface area contributed by atoms with Crippen molar-refractivity contribution in [3.8, 4) is 0 Å². The number of carbonyl (C=O) groups is 1. The molecule has 0 saturated carbocycles. The molecule has 5 heteroatoms. The largest absolute Gasteiger partial charge is 0.330 e. The molecule has 0 aromatic heterocycles. The van der Waals surface area contributed by atoms with E-state index < -0.39 is 0 Å². The van der Waals surface area contributed by atoms with Crippen LogP contribution in [0.1, 0.15) is 26.7 Å². The highest BCUT2D eigenvalue weighted by molar-refractivity contribution is 9.11. The Balaban J connectivity index is 2.59. The van der Waals surface area contributed by atoms with Crippen molar-refractivity contribution in [2.45, 2.75) is 26.7 Å². The number of rotatable bonds is 6. The second-order valence-corrected chi connectivity index (χ2v) is 6.88. The van der Waals surface area contributed by atoms with E-state index in [4.69, 9.17) is 5.73 Å².